The summed E-state index contributed by atoms with van der Waals surface area (Å²) >= 11 is 5.13. The average Bonchev–Trinajstić information content (AvgIpc) is 2.47. The van der Waals surface area contributed by atoms with E-state index in [9.17, 15) is 5.11 Å². The number of thioether (sulfide) groups is 1. The molecule has 0 amide bonds. The highest BCUT2D eigenvalue weighted by atomic mass is 79.9. The van der Waals surface area contributed by atoms with E-state index in [1.54, 1.807) is 18.9 Å². The van der Waals surface area contributed by atoms with Gasteiger partial charge in [-0.2, -0.15) is 0 Å². The summed E-state index contributed by atoms with van der Waals surface area (Å²) in [4.78, 5) is 1.18. The molecule has 0 saturated heterocycles. The lowest BCUT2D eigenvalue weighted by Crippen LogP contribution is -2.14. The van der Waals surface area contributed by atoms with Gasteiger partial charge in [-0.25, -0.2) is 0 Å². The fourth-order valence-electron chi connectivity index (χ4n) is 2.05. The van der Waals surface area contributed by atoms with Crippen LogP contribution in [0.1, 0.15) is 11.1 Å². The molecular weight excluding hydrogens is 348 g/mol. The van der Waals surface area contributed by atoms with E-state index < -0.39 is 6.10 Å². The van der Waals surface area contributed by atoms with Crippen molar-refractivity contribution in [1.29, 1.82) is 0 Å². The van der Waals surface area contributed by atoms with Gasteiger partial charge in [-0.3, -0.25) is 0 Å². The van der Waals surface area contributed by atoms with Crippen LogP contribution in [0.25, 0.3) is 0 Å². The van der Waals surface area contributed by atoms with Crippen molar-refractivity contribution in [2.24, 2.45) is 0 Å². The molecule has 4 heteroatoms. The zero-order valence-electron chi connectivity index (χ0n) is 12.2. The van der Waals surface area contributed by atoms with Crippen LogP contribution in [0, 0.1) is 6.92 Å². The number of aliphatic hydroxyl groups is 1. The van der Waals surface area contributed by atoms with Gasteiger partial charge in [0.15, 0.2) is 0 Å². The Kier molecular flexibility index (Phi) is 6.15. The molecule has 2 rings (SSSR count). The largest absolute Gasteiger partial charge is 0.496 e. The maximum atomic E-state index is 10.2. The summed E-state index contributed by atoms with van der Waals surface area (Å²) in [6, 6.07) is 14.2. The number of ether oxygens (including phenoxy) is 1. The van der Waals surface area contributed by atoms with E-state index in [-0.39, 0.29) is 0 Å². The van der Waals surface area contributed by atoms with Crippen molar-refractivity contribution in [2.45, 2.75) is 24.3 Å². The zero-order valence-corrected chi connectivity index (χ0v) is 14.6. The normalized spacial score (nSPS) is 12.2. The molecule has 1 N–H and O–H groups in total. The van der Waals surface area contributed by atoms with E-state index in [0.29, 0.717) is 12.2 Å². The van der Waals surface area contributed by atoms with Crippen molar-refractivity contribution < 1.29 is 9.84 Å². The molecule has 0 fully saturated rings. The van der Waals surface area contributed by atoms with E-state index >= 15 is 0 Å². The molecule has 112 valence electrons. The molecule has 2 nitrogen and oxygen atoms in total. The molecule has 0 saturated carbocycles. The zero-order chi connectivity index (χ0) is 15.2. The quantitative estimate of drug-likeness (QED) is 0.765. The summed E-state index contributed by atoms with van der Waals surface area (Å²) in [6.45, 7) is 2.07. The predicted octanol–water partition coefficient (Wildman–Crippen LogP) is 4.46. The molecule has 0 aromatic heterocycles. The molecule has 0 aliphatic rings. The van der Waals surface area contributed by atoms with E-state index in [1.165, 1.54) is 10.5 Å². The van der Waals surface area contributed by atoms with Gasteiger partial charge in [0.05, 0.1) is 13.2 Å². The minimum absolute atomic E-state index is 0.403. The van der Waals surface area contributed by atoms with E-state index in [1.807, 2.05) is 18.2 Å². The van der Waals surface area contributed by atoms with Crippen molar-refractivity contribution in [3.05, 3.63) is 58.1 Å². The third-order valence-corrected chi connectivity index (χ3v) is 4.81. The summed E-state index contributed by atoms with van der Waals surface area (Å²) in [6.07, 6.45) is 0.182. The van der Waals surface area contributed by atoms with Crippen molar-refractivity contribution in [2.75, 3.05) is 12.9 Å². The van der Waals surface area contributed by atoms with Crippen molar-refractivity contribution >= 4 is 27.7 Å². The lowest BCUT2D eigenvalue weighted by molar-refractivity contribution is 0.198. The molecule has 0 bridgehead atoms. The van der Waals surface area contributed by atoms with Gasteiger partial charge in [0.1, 0.15) is 5.75 Å². The molecule has 1 unspecified atom stereocenters. The van der Waals surface area contributed by atoms with E-state index in [0.717, 1.165) is 15.8 Å². The number of halogens is 1. The first-order valence-electron chi connectivity index (χ1n) is 6.78. The first kappa shape index (κ1) is 16.4. The van der Waals surface area contributed by atoms with E-state index in [2.05, 4.69) is 47.1 Å². The Morgan fingerprint density at radius 1 is 1.19 bits per heavy atom. The van der Waals surface area contributed by atoms with Gasteiger partial charge in [0.2, 0.25) is 0 Å². The number of aryl methyl sites for hydroxylation is 1. The minimum atomic E-state index is -0.403. The van der Waals surface area contributed by atoms with Gasteiger partial charge in [-0.15, -0.1) is 11.8 Å². The van der Waals surface area contributed by atoms with Crippen LogP contribution in [0.5, 0.6) is 5.75 Å². The highest BCUT2D eigenvalue weighted by molar-refractivity contribution is 9.10. The van der Waals surface area contributed by atoms with E-state index in [4.69, 9.17) is 4.74 Å². The topological polar surface area (TPSA) is 29.5 Å². The fourth-order valence-corrected chi connectivity index (χ4v) is 3.29. The van der Waals surface area contributed by atoms with Crippen LogP contribution in [0.2, 0.25) is 0 Å². The second-order valence-corrected chi connectivity index (χ2v) is 6.95. The van der Waals surface area contributed by atoms with Crippen LogP contribution in [-0.4, -0.2) is 24.1 Å². The third-order valence-electron chi connectivity index (χ3n) is 3.16. The van der Waals surface area contributed by atoms with Gasteiger partial charge < -0.3 is 9.84 Å². The summed E-state index contributed by atoms with van der Waals surface area (Å²) < 4.78 is 6.34. The highest BCUT2D eigenvalue weighted by Gasteiger charge is 2.11. The lowest BCUT2D eigenvalue weighted by Gasteiger charge is -2.13. The van der Waals surface area contributed by atoms with Crippen molar-refractivity contribution in [3.8, 4) is 5.75 Å². The number of aliphatic hydroxyl groups excluding tert-OH is 1. The Labute approximate surface area is 138 Å². The van der Waals surface area contributed by atoms with Crippen LogP contribution >= 0.6 is 27.7 Å². The van der Waals surface area contributed by atoms with Crippen molar-refractivity contribution in [1.82, 2.24) is 0 Å². The monoisotopic (exact) mass is 366 g/mol. The minimum Gasteiger partial charge on any atom is -0.496 e. The number of hydrogen-bond acceptors (Lipinski definition) is 3. The second kappa shape index (κ2) is 7.87. The third kappa shape index (κ3) is 5.06. The Morgan fingerprint density at radius 2 is 1.90 bits per heavy atom. The molecule has 0 heterocycles. The predicted molar refractivity (Wildman–Crippen MR) is 92.3 cm³/mol. The molecule has 2 aromatic rings. The number of hydrogen-bond donors (Lipinski definition) is 1. The molecule has 1 atom stereocenters. The molecule has 0 spiro atoms. The Morgan fingerprint density at radius 3 is 2.57 bits per heavy atom. The van der Waals surface area contributed by atoms with Crippen LogP contribution < -0.4 is 4.74 Å². The maximum absolute atomic E-state index is 10.2. The smallest absolute Gasteiger partial charge is 0.122 e. The standard InChI is InChI=1S/C17H19BrO2S/c1-12-3-6-16(7-4-12)21-11-15(19)10-13-9-14(18)5-8-17(13)20-2/h3-9,15,19H,10-11H2,1-2H3. The Bertz CT molecular complexity index is 584. The second-order valence-electron chi connectivity index (χ2n) is 4.94. The van der Waals surface area contributed by atoms with Gasteiger partial charge in [0.25, 0.3) is 0 Å². The number of benzene rings is 2. The van der Waals surface area contributed by atoms with Crippen LogP contribution in [0.4, 0.5) is 0 Å². The van der Waals surface area contributed by atoms with Crippen molar-refractivity contribution in [3.63, 3.8) is 0 Å². The first-order valence-corrected chi connectivity index (χ1v) is 8.56. The van der Waals surface area contributed by atoms with Crippen LogP contribution in [0.3, 0.4) is 0 Å². The summed E-state index contributed by atoms with van der Waals surface area (Å²) in [5.74, 6) is 1.48. The SMILES string of the molecule is COc1ccc(Br)cc1CC(O)CSc1ccc(C)cc1. The molecule has 0 radical (unpaired) electrons. The van der Waals surface area contributed by atoms with Crippen LogP contribution in [0.15, 0.2) is 51.8 Å². The molecule has 2 aromatic carbocycles. The highest BCUT2D eigenvalue weighted by Crippen LogP contribution is 2.26. The summed E-state index contributed by atoms with van der Waals surface area (Å²) in [5.41, 5.74) is 2.27. The molecule has 21 heavy (non-hydrogen) atoms. The molecule has 0 aliphatic heterocycles. The molecule has 0 aliphatic carbocycles. The maximum Gasteiger partial charge on any atom is 0.122 e. The van der Waals surface area contributed by atoms with Gasteiger partial charge in [0, 0.05) is 21.5 Å². The first-order chi connectivity index (χ1) is 10.1. The van der Waals surface area contributed by atoms with Gasteiger partial charge in [-0.05, 0) is 42.8 Å². The lowest BCUT2D eigenvalue weighted by atomic mass is 10.1. The number of rotatable bonds is 6. The average molecular weight is 367 g/mol. The summed E-state index contributed by atoms with van der Waals surface area (Å²) in [5, 5.41) is 10.2. The fraction of sp³-hybridized carbons (Fsp3) is 0.294. The Balaban J connectivity index is 1.94. The van der Waals surface area contributed by atoms with Gasteiger partial charge in [-0.1, -0.05) is 33.6 Å². The van der Waals surface area contributed by atoms with Crippen LogP contribution in [-0.2, 0) is 6.42 Å². The summed E-state index contributed by atoms with van der Waals surface area (Å²) in [7, 11) is 1.65. The Hall–Kier alpha value is -0.970. The molecular formula is C17H19BrO2S. The van der Waals surface area contributed by atoms with Gasteiger partial charge >= 0.3 is 0 Å². The number of methoxy groups -OCH3 is 1.